The van der Waals surface area contributed by atoms with Gasteiger partial charge in [0.05, 0.1) is 0 Å². The second-order valence-corrected chi connectivity index (χ2v) is 7.36. The minimum Gasteiger partial charge on any atom is -0.357 e. The van der Waals surface area contributed by atoms with Crippen molar-refractivity contribution in [2.24, 2.45) is 4.99 Å². The monoisotopic (exact) mass is 324 g/mol. The number of guanidine groups is 1. The molecule has 0 spiro atoms. The summed E-state index contributed by atoms with van der Waals surface area (Å²) in [6.45, 7) is 15.6. The molecule has 3 aliphatic rings. The van der Waals surface area contributed by atoms with Crippen molar-refractivity contribution in [2.75, 3.05) is 52.4 Å². The van der Waals surface area contributed by atoms with Gasteiger partial charge in [-0.05, 0) is 27.7 Å². The number of rotatable bonds is 5. The molecule has 0 saturated carbocycles. The second kappa shape index (κ2) is 7.97. The van der Waals surface area contributed by atoms with E-state index in [1.807, 2.05) is 27.7 Å². The van der Waals surface area contributed by atoms with Crippen molar-refractivity contribution in [3.05, 3.63) is 0 Å². The first kappa shape index (κ1) is 18.0. The van der Waals surface area contributed by atoms with Crippen LogP contribution in [0.25, 0.3) is 0 Å². The van der Waals surface area contributed by atoms with E-state index in [0.29, 0.717) is 12.0 Å². The molecule has 0 aromatic rings. The van der Waals surface area contributed by atoms with Crippen LogP contribution in [0.4, 0.5) is 0 Å². The van der Waals surface area contributed by atoms with Crippen LogP contribution < -0.4 is 16.0 Å². The first-order valence-corrected chi connectivity index (χ1v) is 8.67. The summed E-state index contributed by atoms with van der Waals surface area (Å²) < 4.78 is 0. The van der Waals surface area contributed by atoms with Gasteiger partial charge in [-0.25, -0.2) is 4.99 Å². The lowest BCUT2D eigenvalue weighted by molar-refractivity contribution is -0.121. The molecule has 3 rings (SSSR count). The van der Waals surface area contributed by atoms with E-state index in [9.17, 15) is 4.79 Å². The third kappa shape index (κ3) is 5.99. The largest absolute Gasteiger partial charge is 0.357 e. The molecule has 1 unspecified atom stereocenters. The lowest BCUT2D eigenvalue weighted by atomic mass is 10.1. The third-order valence-electron chi connectivity index (χ3n) is 4.14. The molecular formula is C16H32N6O. The molecule has 1 atom stereocenters. The van der Waals surface area contributed by atoms with Crippen LogP contribution in [-0.2, 0) is 4.79 Å². The molecule has 0 aromatic carbocycles. The predicted octanol–water partition coefficient (Wildman–Crippen LogP) is -0.544. The van der Waals surface area contributed by atoms with Crippen LogP contribution in [0.15, 0.2) is 4.99 Å². The quantitative estimate of drug-likeness (QED) is 0.468. The number of fused-ring (bicyclic) bond motifs is 3. The fourth-order valence-electron chi connectivity index (χ4n) is 3.08. The average Bonchev–Trinajstić information content (AvgIpc) is 2.49. The van der Waals surface area contributed by atoms with Gasteiger partial charge in [-0.2, -0.15) is 0 Å². The minimum atomic E-state index is -0.221. The summed E-state index contributed by atoms with van der Waals surface area (Å²) in [5.74, 6) is 0.662. The van der Waals surface area contributed by atoms with E-state index in [0.717, 1.165) is 32.7 Å². The minimum absolute atomic E-state index is 0.0544. The molecule has 1 amide bonds. The number of nitrogens with one attached hydrogen (secondary N) is 3. The van der Waals surface area contributed by atoms with Crippen molar-refractivity contribution in [3.8, 4) is 0 Å². The molecular weight excluding hydrogens is 292 g/mol. The summed E-state index contributed by atoms with van der Waals surface area (Å²) in [7, 11) is 0. The van der Waals surface area contributed by atoms with Crippen LogP contribution in [0, 0.1) is 0 Å². The van der Waals surface area contributed by atoms with Gasteiger partial charge in [0.15, 0.2) is 5.96 Å². The molecule has 3 fully saturated rings. The van der Waals surface area contributed by atoms with Gasteiger partial charge in [-0.3, -0.25) is 14.6 Å². The van der Waals surface area contributed by atoms with Crippen molar-refractivity contribution in [1.29, 1.82) is 0 Å². The van der Waals surface area contributed by atoms with Gasteiger partial charge < -0.3 is 16.0 Å². The standard InChI is InChI=1S/C16H32N6O/c1-5-17-15(19-11-14(23)20-16(2,3)4)18-10-13-12-21-6-8-22(13)9-7-21/h13H,5-12H2,1-4H3,(H,20,23)(H2,17,18,19). The van der Waals surface area contributed by atoms with Gasteiger partial charge in [-0.1, -0.05) is 0 Å². The van der Waals surface area contributed by atoms with E-state index in [1.165, 1.54) is 13.1 Å². The summed E-state index contributed by atoms with van der Waals surface area (Å²) in [6.07, 6.45) is 0. The highest BCUT2D eigenvalue weighted by molar-refractivity contribution is 5.85. The van der Waals surface area contributed by atoms with Crippen molar-refractivity contribution < 1.29 is 4.79 Å². The SMILES string of the molecule is CCNC(=NCC(=O)NC(C)(C)C)NCC1CN2CCN1CC2. The van der Waals surface area contributed by atoms with Crippen LogP contribution in [0.5, 0.6) is 0 Å². The second-order valence-electron chi connectivity index (χ2n) is 7.36. The first-order valence-electron chi connectivity index (χ1n) is 8.67. The predicted molar refractivity (Wildman–Crippen MR) is 93.7 cm³/mol. The Labute approximate surface area is 139 Å². The van der Waals surface area contributed by atoms with Crippen molar-refractivity contribution in [2.45, 2.75) is 39.3 Å². The van der Waals surface area contributed by atoms with Gasteiger partial charge in [0, 0.05) is 57.4 Å². The maximum Gasteiger partial charge on any atom is 0.242 e. The van der Waals surface area contributed by atoms with Crippen LogP contribution >= 0.6 is 0 Å². The van der Waals surface area contributed by atoms with Crippen molar-refractivity contribution >= 4 is 11.9 Å². The first-order chi connectivity index (χ1) is 10.9. The molecule has 7 nitrogen and oxygen atoms in total. The van der Waals surface area contributed by atoms with Crippen LogP contribution in [0.3, 0.4) is 0 Å². The van der Waals surface area contributed by atoms with Gasteiger partial charge >= 0.3 is 0 Å². The summed E-state index contributed by atoms with van der Waals surface area (Å²) >= 11 is 0. The smallest absolute Gasteiger partial charge is 0.242 e. The summed E-state index contributed by atoms with van der Waals surface area (Å²) in [4.78, 5) is 21.3. The molecule has 0 aromatic heterocycles. The molecule has 3 N–H and O–H groups in total. The van der Waals surface area contributed by atoms with Crippen LogP contribution in [0.2, 0.25) is 0 Å². The van der Waals surface area contributed by atoms with E-state index < -0.39 is 0 Å². The number of aliphatic imine (C=N–C) groups is 1. The Bertz CT molecular complexity index is 423. The Balaban J connectivity index is 1.81. The molecule has 132 valence electrons. The lowest BCUT2D eigenvalue weighted by Crippen LogP contribution is -2.63. The number of carbonyl (C=O) groups is 1. The Morgan fingerprint density at radius 3 is 2.39 bits per heavy atom. The van der Waals surface area contributed by atoms with E-state index >= 15 is 0 Å². The third-order valence-corrected chi connectivity index (χ3v) is 4.14. The van der Waals surface area contributed by atoms with E-state index in [1.54, 1.807) is 0 Å². The number of nitrogens with zero attached hydrogens (tertiary/aromatic N) is 3. The lowest BCUT2D eigenvalue weighted by Gasteiger charge is -2.47. The topological polar surface area (TPSA) is 72.0 Å². The zero-order valence-corrected chi connectivity index (χ0v) is 15.0. The van der Waals surface area contributed by atoms with Gasteiger partial charge in [0.25, 0.3) is 0 Å². The van der Waals surface area contributed by atoms with Gasteiger partial charge in [0.2, 0.25) is 5.91 Å². The molecule has 3 heterocycles. The number of hydrogen-bond donors (Lipinski definition) is 3. The van der Waals surface area contributed by atoms with Crippen molar-refractivity contribution in [3.63, 3.8) is 0 Å². The Hall–Kier alpha value is -1.34. The highest BCUT2D eigenvalue weighted by Gasteiger charge is 2.31. The maximum atomic E-state index is 11.9. The highest BCUT2D eigenvalue weighted by Crippen LogP contribution is 2.14. The fourth-order valence-corrected chi connectivity index (χ4v) is 3.08. The highest BCUT2D eigenvalue weighted by atomic mass is 16.2. The molecule has 3 saturated heterocycles. The van der Waals surface area contributed by atoms with Gasteiger partial charge in [0.1, 0.15) is 6.54 Å². The Morgan fingerprint density at radius 2 is 1.87 bits per heavy atom. The summed E-state index contributed by atoms with van der Waals surface area (Å²) in [6, 6.07) is 0.532. The molecule has 2 bridgehead atoms. The fraction of sp³-hybridized carbons (Fsp3) is 0.875. The Kier molecular flexibility index (Phi) is 6.24. The zero-order chi connectivity index (χ0) is 16.9. The molecule has 0 radical (unpaired) electrons. The number of carbonyl (C=O) groups excluding carboxylic acids is 1. The summed E-state index contributed by atoms with van der Waals surface area (Å²) in [5, 5.41) is 9.52. The molecule has 7 heteroatoms. The molecule has 23 heavy (non-hydrogen) atoms. The van der Waals surface area contributed by atoms with E-state index in [2.05, 4.69) is 30.7 Å². The summed E-state index contributed by atoms with van der Waals surface area (Å²) in [5.41, 5.74) is -0.221. The number of piperazine rings is 3. The Morgan fingerprint density at radius 1 is 1.17 bits per heavy atom. The van der Waals surface area contributed by atoms with E-state index in [-0.39, 0.29) is 18.0 Å². The average molecular weight is 324 g/mol. The van der Waals surface area contributed by atoms with Crippen molar-refractivity contribution in [1.82, 2.24) is 25.8 Å². The van der Waals surface area contributed by atoms with E-state index in [4.69, 9.17) is 0 Å². The van der Waals surface area contributed by atoms with Gasteiger partial charge in [-0.15, -0.1) is 0 Å². The molecule has 3 aliphatic heterocycles. The number of hydrogen-bond acceptors (Lipinski definition) is 4. The number of amides is 1. The van der Waals surface area contributed by atoms with Crippen LogP contribution in [0.1, 0.15) is 27.7 Å². The zero-order valence-electron chi connectivity index (χ0n) is 15.0. The maximum absolute atomic E-state index is 11.9. The van der Waals surface area contributed by atoms with Crippen LogP contribution in [-0.4, -0.2) is 85.6 Å². The molecule has 0 aliphatic carbocycles. The normalized spacial score (nSPS) is 27.7.